The number of hydrogen-bond donors (Lipinski definition) is 0. The Bertz CT molecular complexity index is 197. The van der Waals surface area contributed by atoms with E-state index in [0.29, 0.717) is 0 Å². The molecule has 2 heterocycles. The first-order chi connectivity index (χ1) is 7.77. The van der Waals surface area contributed by atoms with Crippen LogP contribution in [0, 0.1) is 0 Å². The Morgan fingerprint density at radius 1 is 0.938 bits per heavy atom. The van der Waals surface area contributed by atoms with Crippen molar-refractivity contribution in [3.8, 4) is 0 Å². The molecule has 0 aliphatic carbocycles. The molecule has 16 heavy (non-hydrogen) atoms. The minimum atomic E-state index is 0.732. The van der Waals surface area contributed by atoms with Gasteiger partial charge in [0.25, 0.3) is 0 Å². The third-order valence-electron chi connectivity index (χ3n) is 4.25. The molecule has 0 aromatic carbocycles. The maximum Gasteiger partial charge on any atom is 0.0225 e. The number of nitrogens with zero attached hydrogens (tertiary/aromatic N) is 2. The highest BCUT2D eigenvalue weighted by Gasteiger charge is 2.26. The molecule has 94 valence electrons. The van der Waals surface area contributed by atoms with Crippen LogP contribution in [-0.2, 0) is 0 Å². The molecule has 0 bridgehead atoms. The van der Waals surface area contributed by atoms with Crippen LogP contribution >= 0.6 is 0 Å². The van der Waals surface area contributed by atoms with Crippen molar-refractivity contribution in [3.05, 3.63) is 0 Å². The van der Waals surface area contributed by atoms with E-state index in [2.05, 4.69) is 23.6 Å². The monoisotopic (exact) mass is 224 g/mol. The van der Waals surface area contributed by atoms with Crippen molar-refractivity contribution in [2.75, 3.05) is 26.2 Å². The molecule has 2 aliphatic heterocycles. The Hall–Kier alpha value is -0.0800. The van der Waals surface area contributed by atoms with Gasteiger partial charge in [-0.2, -0.15) is 0 Å². The van der Waals surface area contributed by atoms with E-state index in [1.165, 1.54) is 64.7 Å². The molecule has 1 unspecified atom stereocenters. The second kappa shape index (κ2) is 6.02. The lowest BCUT2D eigenvalue weighted by atomic mass is 9.99. The van der Waals surface area contributed by atoms with Gasteiger partial charge in [-0.15, -0.1) is 0 Å². The van der Waals surface area contributed by atoms with E-state index in [9.17, 15) is 0 Å². The highest BCUT2D eigenvalue weighted by Crippen LogP contribution is 2.21. The Balaban J connectivity index is 1.85. The summed E-state index contributed by atoms with van der Waals surface area (Å²) in [5.74, 6) is 0. The summed E-state index contributed by atoms with van der Waals surface area (Å²) in [6, 6.07) is 1.57. The standard InChI is InChI=1S/C14H28N2/c1-13(2)16-11-7-4-8-14(16)12-15-9-5-3-6-10-15/h13-14H,3-12H2,1-2H3. The maximum absolute atomic E-state index is 2.73. The topological polar surface area (TPSA) is 6.48 Å². The van der Waals surface area contributed by atoms with Gasteiger partial charge in [0.15, 0.2) is 0 Å². The molecule has 2 nitrogen and oxygen atoms in total. The largest absolute Gasteiger partial charge is 0.302 e. The van der Waals surface area contributed by atoms with Gasteiger partial charge in [0.05, 0.1) is 0 Å². The van der Waals surface area contributed by atoms with Gasteiger partial charge < -0.3 is 4.90 Å². The van der Waals surface area contributed by atoms with Crippen molar-refractivity contribution < 1.29 is 0 Å². The fourth-order valence-electron chi connectivity index (χ4n) is 3.34. The first kappa shape index (κ1) is 12.4. The lowest BCUT2D eigenvalue weighted by Gasteiger charge is -2.41. The summed E-state index contributed by atoms with van der Waals surface area (Å²) in [4.78, 5) is 5.44. The summed E-state index contributed by atoms with van der Waals surface area (Å²) >= 11 is 0. The van der Waals surface area contributed by atoms with Crippen molar-refractivity contribution >= 4 is 0 Å². The molecule has 0 radical (unpaired) electrons. The molecule has 0 N–H and O–H groups in total. The van der Waals surface area contributed by atoms with E-state index in [4.69, 9.17) is 0 Å². The van der Waals surface area contributed by atoms with E-state index >= 15 is 0 Å². The van der Waals surface area contributed by atoms with Gasteiger partial charge in [-0.3, -0.25) is 4.90 Å². The molecule has 0 aromatic heterocycles. The summed E-state index contributed by atoms with van der Waals surface area (Å²) in [6.45, 7) is 10.1. The smallest absolute Gasteiger partial charge is 0.0225 e. The van der Waals surface area contributed by atoms with E-state index in [1.807, 2.05) is 0 Å². The summed E-state index contributed by atoms with van der Waals surface area (Å²) in [6.07, 6.45) is 8.59. The minimum Gasteiger partial charge on any atom is -0.302 e. The van der Waals surface area contributed by atoms with E-state index in [1.54, 1.807) is 0 Å². The van der Waals surface area contributed by atoms with Crippen LogP contribution in [0.5, 0.6) is 0 Å². The zero-order valence-corrected chi connectivity index (χ0v) is 11.1. The van der Waals surface area contributed by atoms with Crippen molar-refractivity contribution in [3.63, 3.8) is 0 Å². The van der Waals surface area contributed by atoms with Gasteiger partial charge in [0, 0.05) is 18.6 Å². The molecule has 1 atom stereocenters. The molecule has 0 spiro atoms. The van der Waals surface area contributed by atoms with Crippen LogP contribution in [0.1, 0.15) is 52.4 Å². The maximum atomic E-state index is 2.73. The highest BCUT2D eigenvalue weighted by molar-refractivity contribution is 4.82. The second-order valence-electron chi connectivity index (χ2n) is 5.84. The third-order valence-corrected chi connectivity index (χ3v) is 4.25. The van der Waals surface area contributed by atoms with Gasteiger partial charge >= 0.3 is 0 Å². The number of hydrogen-bond acceptors (Lipinski definition) is 2. The zero-order valence-electron chi connectivity index (χ0n) is 11.1. The van der Waals surface area contributed by atoms with Crippen molar-refractivity contribution in [1.29, 1.82) is 0 Å². The van der Waals surface area contributed by atoms with Crippen molar-refractivity contribution in [1.82, 2.24) is 9.80 Å². The second-order valence-corrected chi connectivity index (χ2v) is 5.84. The molecule has 2 aliphatic rings. The Morgan fingerprint density at radius 3 is 2.31 bits per heavy atom. The van der Waals surface area contributed by atoms with Crippen LogP contribution < -0.4 is 0 Å². The molecule has 2 heteroatoms. The minimum absolute atomic E-state index is 0.732. The number of likely N-dealkylation sites (tertiary alicyclic amines) is 2. The van der Waals surface area contributed by atoms with Gasteiger partial charge in [-0.1, -0.05) is 12.8 Å². The average molecular weight is 224 g/mol. The molecule has 0 aromatic rings. The van der Waals surface area contributed by atoms with Crippen LogP contribution in [0.25, 0.3) is 0 Å². The summed E-state index contributed by atoms with van der Waals surface area (Å²) in [5, 5.41) is 0. The van der Waals surface area contributed by atoms with E-state index in [-0.39, 0.29) is 0 Å². The Labute approximate surface area is 101 Å². The Morgan fingerprint density at radius 2 is 1.62 bits per heavy atom. The summed E-state index contributed by atoms with van der Waals surface area (Å²) in [7, 11) is 0. The zero-order chi connectivity index (χ0) is 11.4. The van der Waals surface area contributed by atoms with E-state index in [0.717, 1.165) is 12.1 Å². The third kappa shape index (κ3) is 3.21. The van der Waals surface area contributed by atoms with Crippen molar-refractivity contribution in [2.45, 2.75) is 64.5 Å². The highest BCUT2D eigenvalue weighted by atomic mass is 15.2. The van der Waals surface area contributed by atoms with Crippen LogP contribution in [0.15, 0.2) is 0 Å². The summed E-state index contributed by atoms with van der Waals surface area (Å²) in [5.41, 5.74) is 0. The Kier molecular flexibility index (Phi) is 4.66. The van der Waals surface area contributed by atoms with E-state index < -0.39 is 0 Å². The first-order valence-corrected chi connectivity index (χ1v) is 7.25. The number of piperidine rings is 2. The molecule has 2 fully saturated rings. The molecular formula is C14H28N2. The molecule has 0 saturated carbocycles. The van der Waals surface area contributed by atoms with Gasteiger partial charge in [0.1, 0.15) is 0 Å². The lowest BCUT2D eigenvalue weighted by Crippen LogP contribution is -2.50. The van der Waals surface area contributed by atoms with Gasteiger partial charge in [-0.05, 0) is 59.2 Å². The molecular weight excluding hydrogens is 196 g/mol. The molecule has 2 saturated heterocycles. The predicted octanol–water partition coefficient (Wildman–Crippen LogP) is 2.74. The first-order valence-electron chi connectivity index (χ1n) is 7.25. The quantitative estimate of drug-likeness (QED) is 0.727. The van der Waals surface area contributed by atoms with Crippen LogP contribution in [0.4, 0.5) is 0 Å². The van der Waals surface area contributed by atoms with Crippen LogP contribution in [-0.4, -0.2) is 48.1 Å². The predicted molar refractivity (Wildman–Crippen MR) is 69.8 cm³/mol. The number of rotatable bonds is 3. The van der Waals surface area contributed by atoms with Crippen LogP contribution in [0.2, 0.25) is 0 Å². The fourth-order valence-corrected chi connectivity index (χ4v) is 3.34. The molecule has 0 amide bonds. The normalized spacial score (nSPS) is 29.8. The average Bonchev–Trinajstić information content (AvgIpc) is 2.31. The summed E-state index contributed by atoms with van der Waals surface area (Å²) < 4.78 is 0. The molecule has 2 rings (SSSR count). The van der Waals surface area contributed by atoms with Crippen molar-refractivity contribution in [2.24, 2.45) is 0 Å². The van der Waals surface area contributed by atoms with Gasteiger partial charge in [0.2, 0.25) is 0 Å². The SMILES string of the molecule is CC(C)N1CCCCC1CN1CCCCC1. The lowest BCUT2D eigenvalue weighted by molar-refractivity contribution is 0.0717. The fraction of sp³-hybridized carbons (Fsp3) is 1.00. The van der Waals surface area contributed by atoms with Gasteiger partial charge in [-0.25, -0.2) is 0 Å². The van der Waals surface area contributed by atoms with Crippen LogP contribution in [0.3, 0.4) is 0 Å².